The Labute approximate surface area is 133 Å². The highest BCUT2D eigenvalue weighted by molar-refractivity contribution is 9.10. The largest absolute Gasteiger partial charge is 0.431 e. The van der Waals surface area contributed by atoms with Gasteiger partial charge in [0.1, 0.15) is 11.5 Å². The Hall–Kier alpha value is -1.61. The molecule has 0 radical (unpaired) electrons. The normalized spacial score (nSPS) is 11.8. The lowest BCUT2D eigenvalue weighted by Crippen LogP contribution is -2.41. The highest BCUT2D eigenvalue weighted by atomic mass is 79.9. The first-order valence-electron chi connectivity index (χ1n) is 5.59. The molecule has 0 aliphatic heterocycles. The Kier molecular flexibility index (Phi) is 4.22. The van der Waals surface area contributed by atoms with Crippen molar-refractivity contribution in [3.05, 3.63) is 60.0 Å². The maximum atomic E-state index is 13.9. The predicted octanol–water partition coefficient (Wildman–Crippen LogP) is 3.11. The first-order chi connectivity index (χ1) is 10.0. The summed E-state index contributed by atoms with van der Waals surface area (Å²) in [5.41, 5.74) is -4.56. The Morgan fingerprint density at radius 2 is 1.77 bits per heavy atom. The quantitative estimate of drug-likeness (QED) is 0.544. The van der Waals surface area contributed by atoms with Crippen molar-refractivity contribution in [3.63, 3.8) is 0 Å². The van der Waals surface area contributed by atoms with Crippen molar-refractivity contribution in [1.82, 2.24) is 9.13 Å². The van der Waals surface area contributed by atoms with Crippen LogP contribution in [-0.4, -0.2) is 9.13 Å². The molecule has 118 valence electrons. The fourth-order valence-electron chi connectivity index (χ4n) is 1.80. The van der Waals surface area contributed by atoms with Gasteiger partial charge in [-0.3, -0.25) is 9.36 Å². The summed E-state index contributed by atoms with van der Waals surface area (Å²) in [5, 5.41) is -0.0157. The molecule has 0 spiro atoms. The average molecular weight is 402 g/mol. The predicted molar refractivity (Wildman–Crippen MR) is 75.0 cm³/mol. The summed E-state index contributed by atoms with van der Waals surface area (Å²) in [4.78, 5) is 23.9. The van der Waals surface area contributed by atoms with E-state index in [0.29, 0.717) is 4.57 Å². The van der Waals surface area contributed by atoms with E-state index < -0.39 is 34.6 Å². The number of rotatable bonds is 1. The number of alkyl halides is 3. The SMILES string of the molecule is Cn1c(C(F)(F)F)cc(=O)n(-c2cc(Br)c(Cl)cc2F)c1=O. The lowest BCUT2D eigenvalue weighted by molar-refractivity contribution is -0.144. The molecule has 0 amide bonds. The molecule has 0 saturated carbocycles. The van der Waals surface area contributed by atoms with Gasteiger partial charge in [0.15, 0.2) is 0 Å². The number of benzene rings is 1. The van der Waals surface area contributed by atoms with Crippen LogP contribution < -0.4 is 11.2 Å². The number of hydrogen-bond donors (Lipinski definition) is 0. The van der Waals surface area contributed by atoms with Crippen LogP contribution in [0, 0.1) is 5.82 Å². The average Bonchev–Trinajstić information content (AvgIpc) is 2.38. The van der Waals surface area contributed by atoms with Crippen molar-refractivity contribution in [2.75, 3.05) is 0 Å². The summed E-state index contributed by atoms with van der Waals surface area (Å²) < 4.78 is 52.8. The minimum atomic E-state index is -4.88. The third-order valence-corrected chi connectivity index (χ3v) is 4.04. The lowest BCUT2D eigenvalue weighted by Gasteiger charge is -2.14. The van der Waals surface area contributed by atoms with Gasteiger partial charge < -0.3 is 0 Å². The number of nitrogens with zero attached hydrogens (tertiary/aromatic N) is 2. The first-order valence-corrected chi connectivity index (χ1v) is 6.76. The first kappa shape index (κ1) is 16.8. The molecule has 0 fully saturated rings. The van der Waals surface area contributed by atoms with E-state index in [9.17, 15) is 27.2 Å². The van der Waals surface area contributed by atoms with Crippen LogP contribution in [0.15, 0.2) is 32.3 Å². The Bertz CT molecular complexity index is 873. The Morgan fingerprint density at radius 1 is 1.18 bits per heavy atom. The lowest BCUT2D eigenvalue weighted by atomic mass is 10.3. The zero-order chi connectivity index (χ0) is 16.8. The monoisotopic (exact) mass is 400 g/mol. The van der Waals surface area contributed by atoms with Crippen molar-refractivity contribution in [3.8, 4) is 5.69 Å². The van der Waals surface area contributed by atoms with Crippen molar-refractivity contribution in [1.29, 1.82) is 0 Å². The van der Waals surface area contributed by atoms with Gasteiger partial charge >= 0.3 is 11.9 Å². The Balaban J connectivity index is 2.85. The van der Waals surface area contributed by atoms with Crippen molar-refractivity contribution in [2.45, 2.75) is 6.18 Å². The van der Waals surface area contributed by atoms with Gasteiger partial charge in [0.05, 0.1) is 10.7 Å². The van der Waals surface area contributed by atoms with E-state index in [4.69, 9.17) is 11.6 Å². The van der Waals surface area contributed by atoms with Crippen LogP contribution in [-0.2, 0) is 13.2 Å². The molecule has 0 saturated heterocycles. The summed E-state index contributed by atoms with van der Waals surface area (Å²) in [6.45, 7) is 0. The van der Waals surface area contributed by atoms with E-state index in [0.717, 1.165) is 19.2 Å². The molecule has 0 bridgehead atoms. The highest BCUT2D eigenvalue weighted by Crippen LogP contribution is 2.28. The molecule has 22 heavy (non-hydrogen) atoms. The molecule has 1 heterocycles. The molecule has 0 aliphatic rings. The second-order valence-electron chi connectivity index (χ2n) is 4.26. The maximum absolute atomic E-state index is 13.9. The Morgan fingerprint density at radius 3 is 2.32 bits per heavy atom. The van der Waals surface area contributed by atoms with Crippen LogP contribution in [0.4, 0.5) is 17.6 Å². The van der Waals surface area contributed by atoms with Gasteiger partial charge in [-0.05, 0) is 28.1 Å². The zero-order valence-electron chi connectivity index (χ0n) is 10.7. The van der Waals surface area contributed by atoms with E-state index in [1.807, 2.05) is 0 Å². The third-order valence-electron chi connectivity index (χ3n) is 2.84. The van der Waals surface area contributed by atoms with Gasteiger partial charge in [-0.25, -0.2) is 13.8 Å². The van der Waals surface area contributed by atoms with Crippen molar-refractivity contribution < 1.29 is 17.6 Å². The van der Waals surface area contributed by atoms with Crippen LogP contribution in [0.1, 0.15) is 5.69 Å². The van der Waals surface area contributed by atoms with Crippen LogP contribution in [0.5, 0.6) is 0 Å². The number of hydrogen-bond acceptors (Lipinski definition) is 2. The topological polar surface area (TPSA) is 44.0 Å². The molecule has 2 rings (SSSR count). The minimum absolute atomic E-state index is 0.0157. The van der Waals surface area contributed by atoms with E-state index in [1.54, 1.807) is 0 Å². The van der Waals surface area contributed by atoms with Crippen molar-refractivity contribution in [2.24, 2.45) is 7.05 Å². The van der Waals surface area contributed by atoms with Gasteiger partial charge in [-0.1, -0.05) is 11.6 Å². The molecular weight excluding hydrogens is 395 g/mol. The highest BCUT2D eigenvalue weighted by Gasteiger charge is 2.35. The fraction of sp³-hybridized carbons (Fsp3) is 0.167. The maximum Gasteiger partial charge on any atom is 0.431 e. The standard InChI is InChI=1S/C12H6BrClF4N2O2/c1-19-9(12(16,17)18)4-10(21)20(11(19)22)8-2-5(13)6(14)3-7(8)15/h2-4H,1H3. The molecule has 0 N–H and O–H groups in total. The molecule has 0 atom stereocenters. The number of aromatic nitrogens is 2. The molecular formula is C12H6BrClF4N2O2. The smallest absolute Gasteiger partial charge is 0.292 e. The van der Waals surface area contributed by atoms with Crippen LogP contribution in [0.2, 0.25) is 5.02 Å². The summed E-state index contributed by atoms with van der Waals surface area (Å²) in [5.74, 6) is -1.02. The van der Waals surface area contributed by atoms with Gasteiger partial charge in [0, 0.05) is 17.6 Å². The summed E-state index contributed by atoms with van der Waals surface area (Å²) in [6.07, 6.45) is -4.88. The van der Waals surface area contributed by atoms with Gasteiger partial charge in [-0.15, -0.1) is 0 Å². The second-order valence-corrected chi connectivity index (χ2v) is 5.52. The molecule has 4 nitrogen and oxygen atoms in total. The van der Waals surface area contributed by atoms with Crippen LogP contribution in [0.25, 0.3) is 5.69 Å². The van der Waals surface area contributed by atoms with E-state index in [2.05, 4.69) is 15.9 Å². The number of halogens is 6. The minimum Gasteiger partial charge on any atom is -0.292 e. The summed E-state index contributed by atoms with van der Waals surface area (Å²) >= 11 is 8.65. The van der Waals surface area contributed by atoms with Gasteiger partial charge in [-0.2, -0.15) is 13.2 Å². The van der Waals surface area contributed by atoms with E-state index >= 15 is 0 Å². The molecule has 1 aromatic heterocycles. The third kappa shape index (κ3) is 2.82. The van der Waals surface area contributed by atoms with Crippen LogP contribution in [0.3, 0.4) is 0 Å². The van der Waals surface area contributed by atoms with Crippen molar-refractivity contribution >= 4 is 27.5 Å². The molecule has 0 unspecified atom stereocenters. The molecule has 2 aromatic rings. The molecule has 10 heteroatoms. The van der Waals surface area contributed by atoms with Gasteiger partial charge in [0.2, 0.25) is 0 Å². The van der Waals surface area contributed by atoms with Crippen LogP contribution >= 0.6 is 27.5 Å². The van der Waals surface area contributed by atoms with Gasteiger partial charge in [0.25, 0.3) is 5.56 Å². The summed E-state index contributed by atoms with van der Waals surface area (Å²) in [7, 11) is 0.837. The summed E-state index contributed by atoms with van der Waals surface area (Å²) in [6, 6.07) is 2.10. The second kappa shape index (κ2) is 5.54. The van der Waals surface area contributed by atoms with E-state index in [-0.39, 0.29) is 20.1 Å². The molecule has 0 aliphatic carbocycles. The zero-order valence-corrected chi connectivity index (χ0v) is 13.1. The fourth-order valence-corrected chi connectivity index (χ4v) is 2.28. The molecule has 1 aromatic carbocycles. The van der Waals surface area contributed by atoms with E-state index in [1.165, 1.54) is 0 Å².